The number of aliphatic carboxylic acids is 1. The van der Waals surface area contributed by atoms with E-state index in [-0.39, 0.29) is 6.54 Å². The molecule has 1 aromatic carbocycles. The fraction of sp³-hybridized carbons (Fsp3) is 0.720. The molecule has 0 unspecified atom stereocenters. The third-order valence-corrected chi connectivity index (χ3v) is 8.75. The molecule has 4 bridgehead atoms. The number of carboxylic acid groups (broad SMARTS) is 1. The summed E-state index contributed by atoms with van der Waals surface area (Å²) in [6, 6.07) is 8.58. The molecular formula is C25H33NO5. The number of ether oxygens (including phenoxy) is 1. The average Bonchev–Trinajstić information content (AvgIpc) is 3.13. The van der Waals surface area contributed by atoms with Crippen LogP contribution in [0.3, 0.4) is 0 Å². The molecule has 168 valence electrons. The molecule has 6 fully saturated rings. The Balaban J connectivity index is 1.07. The Kier molecular flexibility index (Phi) is 4.91. The predicted octanol–water partition coefficient (Wildman–Crippen LogP) is 4.35. The van der Waals surface area contributed by atoms with Crippen molar-refractivity contribution < 1.29 is 24.4 Å². The highest BCUT2D eigenvalue weighted by molar-refractivity contribution is 5.68. The van der Waals surface area contributed by atoms with E-state index in [4.69, 9.17) is 19.6 Å². The van der Waals surface area contributed by atoms with E-state index in [2.05, 4.69) is 29.6 Å². The fourth-order valence-corrected chi connectivity index (χ4v) is 7.41. The second-order valence-corrected chi connectivity index (χ2v) is 10.7. The van der Waals surface area contributed by atoms with Gasteiger partial charge in [-0.15, -0.1) is 0 Å². The van der Waals surface area contributed by atoms with Crippen LogP contribution in [-0.4, -0.2) is 29.2 Å². The first-order chi connectivity index (χ1) is 15.0. The molecule has 0 atom stereocenters. The Labute approximate surface area is 183 Å². The molecule has 1 aliphatic heterocycles. The van der Waals surface area contributed by atoms with E-state index in [0.717, 1.165) is 43.1 Å². The first-order valence-corrected chi connectivity index (χ1v) is 12.1. The number of carbonyl (C=O) groups is 1. The van der Waals surface area contributed by atoms with Crippen LogP contribution in [0, 0.1) is 23.7 Å². The molecule has 7 rings (SSSR count). The molecule has 2 spiro atoms. The van der Waals surface area contributed by atoms with Crippen molar-refractivity contribution in [3.8, 4) is 0 Å². The lowest BCUT2D eigenvalue weighted by molar-refractivity contribution is -0.390. The van der Waals surface area contributed by atoms with Crippen molar-refractivity contribution in [3.63, 3.8) is 0 Å². The molecule has 0 radical (unpaired) electrons. The van der Waals surface area contributed by atoms with Gasteiger partial charge in [0.25, 0.3) is 0 Å². The highest BCUT2D eigenvalue weighted by Crippen LogP contribution is 2.64. The van der Waals surface area contributed by atoms with E-state index in [1.54, 1.807) is 0 Å². The topological polar surface area (TPSA) is 77.0 Å². The Morgan fingerprint density at radius 1 is 0.968 bits per heavy atom. The monoisotopic (exact) mass is 427 g/mol. The summed E-state index contributed by atoms with van der Waals surface area (Å²) in [6.07, 6.45) is 10.3. The third kappa shape index (κ3) is 3.52. The Bertz CT molecular complexity index is 801. The van der Waals surface area contributed by atoms with Gasteiger partial charge in [0.1, 0.15) is 0 Å². The Hall–Kier alpha value is -1.47. The molecular weight excluding hydrogens is 394 g/mol. The van der Waals surface area contributed by atoms with Crippen molar-refractivity contribution in [1.82, 2.24) is 5.32 Å². The van der Waals surface area contributed by atoms with Crippen molar-refractivity contribution in [2.24, 2.45) is 23.7 Å². The summed E-state index contributed by atoms with van der Waals surface area (Å²) in [6.45, 7) is 0.560. The van der Waals surface area contributed by atoms with Gasteiger partial charge in [-0.3, -0.25) is 4.79 Å². The van der Waals surface area contributed by atoms with Crippen LogP contribution >= 0.6 is 0 Å². The molecule has 31 heavy (non-hydrogen) atoms. The number of benzene rings is 1. The molecule has 6 nitrogen and oxygen atoms in total. The molecule has 5 aliphatic carbocycles. The van der Waals surface area contributed by atoms with Crippen LogP contribution in [-0.2, 0) is 25.9 Å². The molecule has 6 heteroatoms. The molecule has 0 aromatic heterocycles. The number of hydrogen-bond acceptors (Lipinski definition) is 5. The first kappa shape index (κ1) is 20.2. The SMILES string of the molecule is O=C(O)CNCc1ccc(C2CCC3(CC2)OOC2(O3)C3CC4CC(C3)CC2C4)cc1. The van der Waals surface area contributed by atoms with Gasteiger partial charge in [-0.2, -0.15) is 9.78 Å². The van der Waals surface area contributed by atoms with E-state index in [1.165, 1.54) is 37.7 Å². The second-order valence-electron chi connectivity index (χ2n) is 10.7. The van der Waals surface area contributed by atoms with E-state index >= 15 is 0 Å². The van der Waals surface area contributed by atoms with Gasteiger partial charge in [0.2, 0.25) is 11.6 Å². The van der Waals surface area contributed by atoms with Crippen LogP contribution in [0.25, 0.3) is 0 Å². The van der Waals surface area contributed by atoms with Crippen LogP contribution in [0.2, 0.25) is 0 Å². The zero-order valence-electron chi connectivity index (χ0n) is 18.1. The Morgan fingerprint density at radius 2 is 1.61 bits per heavy atom. The van der Waals surface area contributed by atoms with Gasteiger partial charge in [-0.1, -0.05) is 24.3 Å². The minimum atomic E-state index is -0.830. The molecule has 5 saturated carbocycles. The summed E-state index contributed by atoms with van der Waals surface area (Å²) in [5.41, 5.74) is 2.46. The smallest absolute Gasteiger partial charge is 0.317 e. The van der Waals surface area contributed by atoms with E-state index in [9.17, 15) is 4.79 Å². The lowest BCUT2D eigenvalue weighted by atomic mass is 9.53. The summed E-state index contributed by atoms with van der Waals surface area (Å²) in [5, 5.41) is 11.7. The average molecular weight is 428 g/mol. The maximum atomic E-state index is 10.6. The summed E-state index contributed by atoms with van der Waals surface area (Å²) in [7, 11) is 0. The van der Waals surface area contributed by atoms with Crippen molar-refractivity contribution in [2.75, 3.05) is 6.54 Å². The zero-order valence-corrected chi connectivity index (χ0v) is 18.1. The van der Waals surface area contributed by atoms with Gasteiger partial charge in [0.05, 0.1) is 6.54 Å². The summed E-state index contributed by atoms with van der Waals surface area (Å²) in [4.78, 5) is 22.8. The van der Waals surface area contributed by atoms with Gasteiger partial charge < -0.3 is 15.2 Å². The summed E-state index contributed by atoms with van der Waals surface area (Å²) < 4.78 is 6.82. The highest BCUT2D eigenvalue weighted by atomic mass is 17.3. The Morgan fingerprint density at radius 3 is 2.23 bits per heavy atom. The predicted molar refractivity (Wildman–Crippen MR) is 113 cm³/mol. The molecule has 0 amide bonds. The van der Waals surface area contributed by atoms with Crippen LogP contribution in [0.1, 0.15) is 74.8 Å². The van der Waals surface area contributed by atoms with Crippen LogP contribution in [0.4, 0.5) is 0 Å². The summed E-state index contributed by atoms with van der Waals surface area (Å²) in [5.74, 6) is 1.46. The maximum Gasteiger partial charge on any atom is 0.317 e. The van der Waals surface area contributed by atoms with Crippen LogP contribution in [0.15, 0.2) is 24.3 Å². The minimum Gasteiger partial charge on any atom is -0.480 e. The van der Waals surface area contributed by atoms with Gasteiger partial charge >= 0.3 is 5.97 Å². The zero-order chi connectivity index (χ0) is 21.1. The molecule has 2 N–H and O–H groups in total. The van der Waals surface area contributed by atoms with Crippen molar-refractivity contribution in [3.05, 3.63) is 35.4 Å². The van der Waals surface area contributed by atoms with Crippen LogP contribution in [0.5, 0.6) is 0 Å². The van der Waals surface area contributed by atoms with Crippen molar-refractivity contribution in [1.29, 1.82) is 0 Å². The second kappa shape index (κ2) is 7.55. The standard InChI is InChI=1S/C25H33NO5/c27-23(28)15-26-14-16-1-3-19(4-2-16)20-5-7-24(8-6-20)29-25(31-30-24)21-10-17-9-18(12-21)13-22(25)11-17/h1-4,17-18,20-22,26H,5-15H2,(H,27,28). The van der Waals surface area contributed by atoms with E-state index in [0.29, 0.717) is 24.3 Å². The highest BCUT2D eigenvalue weighted by Gasteiger charge is 2.66. The van der Waals surface area contributed by atoms with E-state index in [1.807, 2.05) is 0 Å². The normalized spacial score (nSPS) is 43.2. The van der Waals surface area contributed by atoms with Crippen molar-refractivity contribution >= 4 is 5.97 Å². The van der Waals surface area contributed by atoms with Gasteiger partial charge in [0, 0.05) is 31.2 Å². The van der Waals surface area contributed by atoms with Crippen molar-refractivity contribution in [2.45, 2.75) is 81.8 Å². The van der Waals surface area contributed by atoms with Gasteiger partial charge in [-0.25, -0.2) is 0 Å². The quantitative estimate of drug-likeness (QED) is 0.681. The number of nitrogens with one attached hydrogen (secondary N) is 1. The lowest BCUT2D eigenvalue weighted by Crippen LogP contribution is -2.59. The van der Waals surface area contributed by atoms with Gasteiger partial charge in [0.15, 0.2) is 0 Å². The van der Waals surface area contributed by atoms with Crippen LogP contribution < -0.4 is 5.32 Å². The minimum absolute atomic E-state index is 0.0148. The fourth-order valence-electron chi connectivity index (χ4n) is 7.41. The number of hydrogen-bond donors (Lipinski definition) is 2. The molecule has 1 saturated heterocycles. The largest absolute Gasteiger partial charge is 0.480 e. The van der Waals surface area contributed by atoms with Gasteiger partial charge in [-0.05, 0) is 73.8 Å². The lowest BCUT2D eigenvalue weighted by Gasteiger charge is -2.57. The molecule has 6 aliphatic rings. The number of carboxylic acids is 1. The number of rotatable bonds is 5. The molecule has 1 aromatic rings. The summed E-state index contributed by atoms with van der Waals surface area (Å²) >= 11 is 0. The third-order valence-electron chi connectivity index (χ3n) is 8.75. The van der Waals surface area contributed by atoms with E-state index < -0.39 is 17.5 Å². The first-order valence-electron chi connectivity index (χ1n) is 12.1. The molecule has 1 heterocycles. The maximum absolute atomic E-state index is 10.6.